The molecule has 2 aromatic carbocycles. The molecule has 112 valence electrons. The summed E-state index contributed by atoms with van der Waals surface area (Å²) in [5, 5.41) is 3.85. The van der Waals surface area contributed by atoms with Crippen LogP contribution in [0.15, 0.2) is 42.5 Å². The summed E-state index contributed by atoms with van der Waals surface area (Å²) in [6, 6.07) is 11.8. The highest BCUT2D eigenvalue weighted by Crippen LogP contribution is 2.31. The summed E-state index contributed by atoms with van der Waals surface area (Å²) < 4.78 is 19.1. The molecule has 0 radical (unpaired) electrons. The minimum absolute atomic E-state index is 0.0365. The third-order valence-corrected chi connectivity index (χ3v) is 3.17. The first-order chi connectivity index (χ1) is 9.85. The van der Waals surface area contributed by atoms with Gasteiger partial charge in [-0.3, -0.25) is 0 Å². The fourth-order valence-electron chi connectivity index (χ4n) is 1.75. The van der Waals surface area contributed by atoms with Gasteiger partial charge in [-0.25, -0.2) is 4.39 Å². The molecule has 0 aromatic heterocycles. The first-order valence-corrected chi connectivity index (χ1v) is 7.19. The van der Waals surface area contributed by atoms with Crippen molar-refractivity contribution < 1.29 is 9.13 Å². The Labute approximate surface area is 129 Å². The Morgan fingerprint density at radius 3 is 2.43 bits per heavy atom. The van der Waals surface area contributed by atoms with Gasteiger partial charge in [0.25, 0.3) is 0 Å². The highest BCUT2D eigenvalue weighted by molar-refractivity contribution is 6.32. The SMILES string of the molecule is CC(C)(C)NCc1ccc(Oc2ccccc2F)c(Cl)c1. The monoisotopic (exact) mass is 307 g/mol. The summed E-state index contributed by atoms with van der Waals surface area (Å²) in [4.78, 5) is 0. The average Bonchev–Trinajstić information content (AvgIpc) is 2.41. The van der Waals surface area contributed by atoms with E-state index in [1.807, 2.05) is 12.1 Å². The van der Waals surface area contributed by atoms with Gasteiger partial charge in [-0.2, -0.15) is 0 Å². The van der Waals surface area contributed by atoms with E-state index in [0.29, 0.717) is 17.3 Å². The van der Waals surface area contributed by atoms with Gasteiger partial charge < -0.3 is 10.1 Å². The molecular weight excluding hydrogens is 289 g/mol. The summed E-state index contributed by atoms with van der Waals surface area (Å²) in [5.41, 5.74) is 1.09. The van der Waals surface area contributed by atoms with E-state index < -0.39 is 5.82 Å². The second-order valence-corrected chi connectivity index (χ2v) is 6.31. The Morgan fingerprint density at radius 2 is 1.81 bits per heavy atom. The van der Waals surface area contributed by atoms with E-state index in [-0.39, 0.29) is 11.3 Å². The van der Waals surface area contributed by atoms with Gasteiger partial charge in [-0.05, 0) is 50.6 Å². The Bertz CT molecular complexity index is 622. The minimum Gasteiger partial charge on any atom is -0.453 e. The van der Waals surface area contributed by atoms with Crippen molar-refractivity contribution in [3.05, 3.63) is 58.9 Å². The molecular formula is C17H19ClFNO. The zero-order valence-electron chi connectivity index (χ0n) is 12.4. The lowest BCUT2D eigenvalue weighted by atomic mass is 10.1. The average molecular weight is 308 g/mol. The van der Waals surface area contributed by atoms with Crippen LogP contribution in [0.3, 0.4) is 0 Å². The fraction of sp³-hybridized carbons (Fsp3) is 0.294. The van der Waals surface area contributed by atoms with Crippen molar-refractivity contribution in [2.75, 3.05) is 0 Å². The highest BCUT2D eigenvalue weighted by atomic mass is 35.5. The van der Waals surface area contributed by atoms with Crippen LogP contribution in [-0.4, -0.2) is 5.54 Å². The Morgan fingerprint density at radius 1 is 1.10 bits per heavy atom. The summed E-state index contributed by atoms with van der Waals surface area (Å²) in [5.74, 6) is 0.202. The quantitative estimate of drug-likeness (QED) is 0.842. The standard InChI is InChI=1S/C17H19ClFNO/c1-17(2,3)20-11-12-8-9-15(13(18)10-12)21-16-7-5-4-6-14(16)19/h4-10,20H,11H2,1-3H3. The normalized spacial score (nSPS) is 11.5. The summed E-state index contributed by atoms with van der Waals surface area (Å²) in [6.07, 6.45) is 0. The van der Waals surface area contributed by atoms with Crippen LogP contribution in [0.5, 0.6) is 11.5 Å². The van der Waals surface area contributed by atoms with Gasteiger partial charge in [0.15, 0.2) is 11.6 Å². The number of halogens is 2. The molecule has 4 heteroatoms. The maximum Gasteiger partial charge on any atom is 0.165 e. The molecule has 0 aliphatic carbocycles. The third kappa shape index (κ3) is 4.73. The van der Waals surface area contributed by atoms with Crippen LogP contribution in [-0.2, 0) is 6.54 Å². The van der Waals surface area contributed by atoms with Gasteiger partial charge in [0.05, 0.1) is 5.02 Å². The molecule has 2 aromatic rings. The molecule has 0 amide bonds. The number of rotatable bonds is 4. The maximum atomic E-state index is 13.6. The zero-order valence-corrected chi connectivity index (χ0v) is 13.2. The second-order valence-electron chi connectivity index (χ2n) is 5.90. The van der Waals surface area contributed by atoms with Crippen LogP contribution in [0.1, 0.15) is 26.3 Å². The molecule has 21 heavy (non-hydrogen) atoms. The van der Waals surface area contributed by atoms with Crippen molar-refractivity contribution in [3.63, 3.8) is 0 Å². The van der Waals surface area contributed by atoms with Gasteiger partial charge in [0.2, 0.25) is 0 Å². The van der Waals surface area contributed by atoms with Crippen molar-refractivity contribution >= 4 is 11.6 Å². The van der Waals surface area contributed by atoms with E-state index >= 15 is 0 Å². The van der Waals surface area contributed by atoms with E-state index in [0.717, 1.165) is 5.56 Å². The molecule has 0 atom stereocenters. The van der Waals surface area contributed by atoms with E-state index in [4.69, 9.17) is 16.3 Å². The molecule has 2 nitrogen and oxygen atoms in total. The smallest absolute Gasteiger partial charge is 0.165 e. The van der Waals surface area contributed by atoms with E-state index in [2.05, 4.69) is 26.1 Å². The molecule has 1 N–H and O–H groups in total. The number of hydrogen-bond acceptors (Lipinski definition) is 2. The zero-order chi connectivity index (χ0) is 15.5. The largest absolute Gasteiger partial charge is 0.453 e. The van der Waals surface area contributed by atoms with Crippen molar-refractivity contribution in [1.82, 2.24) is 5.32 Å². The molecule has 0 bridgehead atoms. The predicted molar refractivity (Wildman–Crippen MR) is 84.5 cm³/mol. The van der Waals surface area contributed by atoms with Gasteiger partial charge in [-0.15, -0.1) is 0 Å². The van der Waals surface area contributed by atoms with E-state index in [9.17, 15) is 4.39 Å². The van der Waals surface area contributed by atoms with Crippen molar-refractivity contribution in [2.45, 2.75) is 32.9 Å². The Hall–Kier alpha value is -1.58. The number of para-hydroxylation sites is 1. The third-order valence-electron chi connectivity index (χ3n) is 2.88. The molecule has 0 heterocycles. The van der Waals surface area contributed by atoms with Crippen molar-refractivity contribution in [1.29, 1.82) is 0 Å². The van der Waals surface area contributed by atoms with Crippen LogP contribution in [0.25, 0.3) is 0 Å². The molecule has 0 aliphatic rings. The highest BCUT2D eigenvalue weighted by Gasteiger charge is 2.11. The van der Waals surface area contributed by atoms with Gasteiger partial charge in [0, 0.05) is 12.1 Å². The topological polar surface area (TPSA) is 21.3 Å². The number of nitrogens with one attached hydrogen (secondary N) is 1. The predicted octanol–water partition coefficient (Wildman–Crippen LogP) is 5.16. The van der Waals surface area contributed by atoms with Crippen LogP contribution >= 0.6 is 11.6 Å². The van der Waals surface area contributed by atoms with Gasteiger partial charge in [-0.1, -0.05) is 29.8 Å². The Kier molecular flexibility index (Phi) is 4.86. The first kappa shape index (κ1) is 15.8. The molecule has 2 rings (SSSR count). The molecule has 0 fully saturated rings. The van der Waals surface area contributed by atoms with Crippen LogP contribution in [0.2, 0.25) is 5.02 Å². The number of benzene rings is 2. The molecule has 0 spiro atoms. The number of ether oxygens (including phenoxy) is 1. The van der Waals surface area contributed by atoms with Crippen LogP contribution in [0.4, 0.5) is 4.39 Å². The van der Waals surface area contributed by atoms with Gasteiger partial charge in [0.1, 0.15) is 5.75 Å². The lowest BCUT2D eigenvalue weighted by Gasteiger charge is -2.20. The summed E-state index contributed by atoms with van der Waals surface area (Å²) in [7, 11) is 0. The minimum atomic E-state index is -0.410. The second kappa shape index (κ2) is 6.46. The Balaban J connectivity index is 2.11. The van der Waals surface area contributed by atoms with E-state index in [1.54, 1.807) is 24.3 Å². The molecule has 0 unspecified atom stereocenters. The maximum absolute atomic E-state index is 13.6. The van der Waals surface area contributed by atoms with Gasteiger partial charge >= 0.3 is 0 Å². The number of hydrogen-bond donors (Lipinski definition) is 1. The van der Waals surface area contributed by atoms with Crippen molar-refractivity contribution in [3.8, 4) is 11.5 Å². The van der Waals surface area contributed by atoms with E-state index in [1.165, 1.54) is 6.07 Å². The summed E-state index contributed by atoms with van der Waals surface area (Å²) in [6.45, 7) is 7.02. The fourth-order valence-corrected chi connectivity index (χ4v) is 1.99. The molecule has 0 saturated heterocycles. The summed E-state index contributed by atoms with van der Waals surface area (Å²) >= 11 is 6.21. The van der Waals surface area contributed by atoms with Crippen molar-refractivity contribution in [2.24, 2.45) is 0 Å². The lowest BCUT2D eigenvalue weighted by molar-refractivity contribution is 0.423. The molecule has 0 aliphatic heterocycles. The molecule has 0 saturated carbocycles. The van der Waals surface area contributed by atoms with Crippen LogP contribution in [0, 0.1) is 5.82 Å². The van der Waals surface area contributed by atoms with Crippen LogP contribution < -0.4 is 10.1 Å². The first-order valence-electron chi connectivity index (χ1n) is 6.81. The lowest BCUT2D eigenvalue weighted by Crippen LogP contribution is -2.35.